The van der Waals surface area contributed by atoms with Crippen molar-refractivity contribution in [2.75, 3.05) is 0 Å². The van der Waals surface area contributed by atoms with Crippen molar-refractivity contribution >= 4 is 10.9 Å². The standard InChI is InChI=1S/C23H27N/c1-4-9-19-20(16-18-11-7-6-8-12-18)21-15-17(3)13-14-23(21)24-22(19)10-5-2/h6-8,11-15H,4-5,9-10,16H2,1-3H3. The summed E-state index contributed by atoms with van der Waals surface area (Å²) in [6.07, 6.45) is 5.49. The number of aryl methyl sites for hydroxylation is 2. The molecule has 0 bridgehead atoms. The van der Waals surface area contributed by atoms with E-state index in [1.165, 1.54) is 33.3 Å². The van der Waals surface area contributed by atoms with Gasteiger partial charge in [-0.3, -0.25) is 4.98 Å². The van der Waals surface area contributed by atoms with Gasteiger partial charge in [0.15, 0.2) is 0 Å². The maximum Gasteiger partial charge on any atom is 0.0708 e. The number of pyridine rings is 1. The van der Waals surface area contributed by atoms with Gasteiger partial charge in [0.2, 0.25) is 0 Å². The Kier molecular flexibility index (Phi) is 5.30. The lowest BCUT2D eigenvalue weighted by Crippen LogP contribution is -2.06. The van der Waals surface area contributed by atoms with Crippen molar-refractivity contribution in [3.8, 4) is 0 Å². The van der Waals surface area contributed by atoms with Gasteiger partial charge in [-0.1, -0.05) is 68.7 Å². The predicted molar refractivity (Wildman–Crippen MR) is 104 cm³/mol. The molecule has 1 aromatic heterocycles. The van der Waals surface area contributed by atoms with Gasteiger partial charge in [0.25, 0.3) is 0 Å². The summed E-state index contributed by atoms with van der Waals surface area (Å²) in [5.41, 5.74) is 8.12. The molecule has 0 unspecified atom stereocenters. The van der Waals surface area contributed by atoms with Crippen LogP contribution in [0.25, 0.3) is 10.9 Å². The van der Waals surface area contributed by atoms with Gasteiger partial charge in [0, 0.05) is 11.1 Å². The molecule has 0 atom stereocenters. The second kappa shape index (κ2) is 7.61. The van der Waals surface area contributed by atoms with Gasteiger partial charge in [-0.15, -0.1) is 0 Å². The Bertz CT molecular complexity index is 818. The summed E-state index contributed by atoms with van der Waals surface area (Å²) in [6.45, 7) is 6.68. The van der Waals surface area contributed by atoms with Crippen LogP contribution in [-0.2, 0) is 19.3 Å². The molecule has 1 heteroatoms. The van der Waals surface area contributed by atoms with Gasteiger partial charge < -0.3 is 0 Å². The molecule has 1 heterocycles. The van der Waals surface area contributed by atoms with Gasteiger partial charge in [0.05, 0.1) is 5.52 Å². The average Bonchev–Trinajstić information content (AvgIpc) is 2.59. The molecule has 0 N–H and O–H groups in total. The van der Waals surface area contributed by atoms with Crippen LogP contribution in [0.1, 0.15) is 54.6 Å². The predicted octanol–water partition coefficient (Wildman–Crippen LogP) is 6.04. The van der Waals surface area contributed by atoms with E-state index in [0.29, 0.717) is 0 Å². The molecule has 3 rings (SSSR count). The van der Waals surface area contributed by atoms with Gasteiger partial charge in [-0.2, -0.15) is 0 Å². The van der Waals surface area contributed by atoms with Crippen molar-refractivity contribution in [2.24, 2.45) is 0 Å². The number of hydrogen-bond donors (Lipinski definition) is 0. The molecule has 124 valence electrons. The van der Waals surface area contributed by atoms with E-state index >= 15 is 0 Å². The fourth-order valence-electron chi connectivity index (χ4n) is 3.53. The normalized spacial score (nSPS) is 11.1. The van der Waals surface area contributed by atoms with Crippen LogP contribution < -0.4 is 0 Å². The summed E-state index contributed by atoms with van der Waals surface area (Å²) < 4.78 is 0. The molecule has 0 spiro atoms. The van der Waals surface area contributed by atoms with Gasteiger partial charge >= 0.3 is 0 Å². The Balaban J connectivity index is 2.23. The second-order valence-electron chi connectivity index (χ2n) is 6.70. The van der Waals surface area contributed by atoms with Crippen LogP contribution in [-0.4, -0.2) is 4.98 Å². The SMILES string of the molecule is CCCc1nc2ccc(C)cc2c(Cc2ccccc2)c1CCC. The summed E-state index contributed by atoms with van der Waals surface area (Å²) in [4.78, 5) is 5.03. The van der Waals surface area contributed by atoms with E-state index < -0.39 is 0 Å². The van der Waals surface area contributed by atoms with Crippen LogP contribution in [0.15, 0.2) is 48.5 Å². The number of benzene rings is 2. The molecular formula is C23H27N. The molecule has 0 radical (unpaired) electrons. The lowest BCUT2D eigenvalue weighted by atomic mass is 9.90. The lowest BCUT2D eigenvalue weighted by Gasteiger charge is -2.17. The number of nitrogens with zero attached hydrogens (tertiary/aromatic N) is 1. The number of fused-ring (bicyclic) bond motifs is 1. The molecule has 0 aliphatic heterocycles. The van der Waals surface area contributed by atoms with Crippen LogP contribution in [0, 0.1) is 6.92 Å². The first-order valence-electron chi connectivity index (χ1n) is 9.17. The third kappa shape index (κ3) is 3.51. The van der Waals surface area contributed by atoms with Crippen LogP contribution >= 0.6 is 0 Å². The Labute approximate surface area is 145 Å². The van der Waals surface area contributed by atoms with E-state index in [1.54, 1.807) is 0 Å². The molecule has 24 heavy (non-hydrogen) atoms. The number of hydrogen-bond acceptors (Lipinski definition) is 1. The first kappa shape index (κ1) is 16.7. The average molecular weight is 317 g/mol. The fourth-order valence-corrected chi connectivity index (χ4v) is 3.53. The molecule has 0 fully saturated rings. The molecular weight excluding hydrogens is 290 g/mol. The van der Waals surface area contributed by atoms with Crippen molar-refractivity contribution in [3.63, 3.8) is 0 Å². The van der Waals surface area contributed by atoms with Crippen molar-refractivity contribution in [2.45, 2.75) is 52.9 Å². The zero-order chi connectivity index (χ0) is 16.9. The van der Waals surface area contributed by atoms with E-state index in [0.717, 1.165) is 37.6 Å². The van der Waals surface area contributed by atoms with E-state index in [4.69, 9.17) is 4.98 Å². The molecule has 0 saturated carbocycles. The van der Waals surface area contributed by atoms with E-state index in [1.807, 2.05) is 0 Å². The first-order chi connectivity index (χ1) is 11.7. The van der Waals surface area contributed by atoms with E-state index in [-0.39, 0.29) is 0 Å². The third-order valence-corrected chi connectivity index (χ3v) is 4.66. The molecule has 2 aromatic carbocycles. The van der Waals surface area contributed by atoms with Crippen molar-refractivity contribution < 1.29 is 0 Å². The highest BCUT2D eigenvalue weighted by Gasteiger charge is 2.14. The highest BCUT2D eigenvalue weighted by Crippen LogP contribution is 2.29. The van der Waals surface area contributed by atoms with Gasteiger partial charge in [-0.05, 0) is 55.0 Å². The molecule has 0 aliphatic rings. The van der Waals surface area contributed by atoms with Crippen molar-refractivity contribution in [1.29, 1.82) is 0 Å². The van der Waals surface area contributed by atoms with Crippen molar-refractivity contribution in [1.82, 2.24) is 4.98 Å². The molecule has 3 aromatic rings. The Morgan fingerprint density at radius 1 is 0.833 bits per heavy atom. The first-order valence-corrected chi connectivity index (χ1v) is 9.17. The van der Waals surface area contributed by atoms with Crippen LogP contribution in [0.5, 0.6) is 0 Å². The summed E-state index contributed by atoms with van der Waals surface area (Å²) in [5, 5.41) is 1.34. The third-order valence-electron chi connectivity index (χ3n) is 4.66. The minimum absolute atomic E-state index is 0.995. The largest absolute Gasteiger partial charge is 0.253 e. The topological polar surface area (TPSA) is 12.9 Å². The molecule has 0 saturated heterocycles. The summed E-state index contributed by atoms with van der Waals surface area (Å²) >= 11 is 0. The second-order valence-corrected chi connectivity index (χ2v) is 6.70. The monoisotopic (exact) mass is 317 g/mol. The van der Waals surface area contributed by atoms with Crippen LogP contribution in [0.4, 0.5) is 0 Å². The Morgan fingerprint density at radius 3 is 2.29 bits per heavy atom. The summed E-state index contributed by atoms with van der Waals surface area (Å²) in [5.74, 6) is 0. The highest BCUT2D eigenvalue weighted by atomic mass is 14.7. The van der Waals surface area contributed by atoms with Crippen molar-refractivity contribution in [3.05, 3.63) is 76.5 Å². The van der Waals surface area contributed by atoms with Gasteiger partial charge in [0.1, 0.15) is 0 Å². The number of rotatable bonds is 6. The van der Waals surface area contributed by atoms with Crippen LogP contribution in [0.3, 0.4) is 0 Å². The number of aromatic nitrogens is 1. The molecule has 0 aliphatic carbocycles. The maximum absolute atomic E-state index is 5.03. The Hall–Kier alpha value is -2.15. The smallest absolute Gasteiger partial charge is 0.0708 e. The van der Waals surface area contributed by atoms with E-state index in [9.17, 15) is 0 Å². The minimum atomic E-state index is 0.995. The highest BCUT2D eigenvalue weighted by molar-refractivity contribution is 5.85. The Morgan fingerprint density at radius 2 is 1.58 bits per heavy atom. The molecule has 1 nitrogen and oxygen atoms in total. The zero-order valence-corrected chi connectivity index (χ0v) is 15.1. The zero-order valence-electron chi connectivity index (χ0n) is 15.1. The van der Waals surface area contributed by atoms with E-state index in [2.05, 4.69) is 69.3 Å². The molecule has 0 amide bonds. The summed E-state index contributed by atoms with van der Waals surface area (Å²) in [7, 11) is 0. The minimum Gasteiger partial charge on any atom is -0.253 e. The summed E-state index contributed by atoms with van der Waals surface area (Å²) in [6, 6.07) is 17.5. The van der Waals surface area contributed by atoms with Gasteiger partial charge in [-0.25, -0.2) is 0 Å². The quantitative estimate of drug-likeness (QED) is 0.540. The fraction of sp³-hybridized carbons (Fsp3) is 0.348. The lowest BCUT2D eigenvalue weighted by molar-refractivity contribution is 0.825. The van der Waals surface area contributed by atoms with Crippen LogP contribution in [0.2, 0.25) is 0 Å². The maximum atomic E-state index is 5.03.